The summed E-state index contributed by atoms with van der Waals surface area (Å²) in [5, 5.41) is 3.13. The number of nitrogens with one attached hydrogen (secondary N) is 1. The van der Waals surface area contributed by atoms with Gasteiger partial charge >= 0.3 is 0 Å². The van der Waals surface area contributed by atoms with Crippen LogP contribution >= 0.6 is 0 Å². The topological polar surface area (TPSA) is 62.6 Å². The van der Waals surface area contributed by atoms with E-state index in [2.05, 4.69) is 5.32 Å². The van der Waals surface area contributed by atoms with E-state index < -0.39 is 0 Å². The van der Waals surface area contributed by atoms with Crippen LogP contribution in [0.4, 0.5) is 0 Å². The molecule has 3 rings (SSSR count). The molecule has 2 aliphatic rings. The third kappa shape index (κ3) is 3.28. The van der Waals surface area contributed by atoms with Gasteiger partial charge in [0.05, 0.1) is 12.8 Å². The third-order valence-electron chi connectivity index (χ3n) is 4.49. The number of hydrogen-bond donors (Lipinski definition) is 1. The molecule has 2 amide bonds. The van der Waals surface area contributed by atoms with Crippen molar-refractivity contribution >= 4 is 11.8 Å². The van der Waals surface area contributed by atoms with Crippen LogP contribution in [0.1, 0.15) is 50.7 Å². The molecule has 0 radical (unpaired) electrons. The monoisotopic (exact) mass is 290 g/mol. The molecule has 1 N–H and O–H groups in total. The van der Waals surface area contributed by atoms with Gasteiger partial charge in [-0.2, -0.15) is 0 Å². The highest BCUT2D eigenvalue weighted by Crippen LogP contribution is 2.23. The highest BCUT2D eigenvalue weighted by molar-refractivity contribution is 5.91. The van der Waals surface area contributed by atoms with Gasteiger partial charge in [-0.05, 0) is 31.4 Å². The Morgan fingerprint density at radius 3 is 2.81 bits per heavy atom. The van der Waals surface area contributed by atoms with Crippen LogP contribution in [0.5, 0.6) is 0 Å². The number of nitrogens with zero attached hydrogens (tertiary/aromatic N) is 1. The van der Waals surface area contributed by atoms with E-state index in [1.165, 1.54) is 19.3 Å². The predicted molar refractivity (Wildman–Crippen MR) is 77.3 cm³/mol. The first kappa shape index (κ1) is 14.2. The maximum absolute atomic E-state index is 12.5. The average molecular weight is 290 g/mol. The van der Waals surface area contributed by atoms with Crippen molar-refractivity contribution in [3.05, 3.63) is 24.2 Å². The molecule has 2 fully saturated rings. The van der Waals surface area contributed by atoms with Crippen molar-refractivity contribution in [2.45, 2.75) is 63.6 Å². The SMILES string of the molecule is O=C(NC1CCCCC1)[C@@H]1CCC(=O)N1Cc1ccco1. The maximum Gasteiger partial charge on any atom is 0.243 e. The number of hydrogen-bond acceptors (Lipinski definition) is 3. The summed E-state index contributed by atoms with van der Waals surface area (Å²) < 4.78 is 5.30. The lowest BCUT2D eigenvalue weighted by atomic mass is 9.95. The lowest BCUT2D eigenvalue weighted by Gasteiger charge is -2.27. The molecule has 21 heavy (non-hydrogen) atoms. The van der Waals surface area contributed by atoms with E-state index in [-0.39, 0.29) is 23.9 Å². The van der Waals surface area contributed by atoms with E-state index in [0.29, 0.717) is 19.4 Å². The summed E-state index contributed by atoms with van der Waals surface area (Å²) in [5.41, 5.74) is 0. The number of carbonyl (C=O) groups excluding carboxylic acids is 2. The Hall–Kier alpha value is -1.78. The van der Waals surface area contributed by atoms with Gasteiger partial charge in [-0.3, -0.25) is 9.59 Å². The summed E-state index contributed by atoms with van der Waals surface area (Å²) in [6.07, 6.45) is 8.40. The lowest BCUT2D eigenvalue weighted by Crippen LogP contribution is -2.48. The predicted octanol–water partition coefficient (Wildman–Crippen LogP) is 2.22. The summed E-state index contributed by atoms with van der Waals surface area (Å²) in [7, 11) is 0. The molecule has 1 aliphatic heterocycles. The molecule has 0 unspecified atom stereocenters. The van der Waals surface area contributed by atoms with Crippen LogP contribution < -0.4 is 5.32 Å². The lowest BCUT2D eigenvalue weighted by molar-refractivity contribution is -0.136. The van der Waals surface area contributed by atoms with Crippen molar-refractivity contribution in [1.82, 2.24) is 10.2 Å². The minimum Gasteiger partial charge on any atom is -0.467 e. The Kier molecular flexibility index (Phi) is 4.27. The van der Waals surface area contributed by atoms with E-state index in [1.54, 1.807) is 17.2 Å². The first-order valence-corrected chi connectivity index (χ1v) is 7.86. The fourth-order valence-corrected chi connectivity index (χ4v) is 3.32. The van der Waals surface area contributed by atoms with E-state index >= 15 is 0 Å². The van der Waals surface area contributed by atoms with E-state index in [0.717, 1.165) is 18.6 Å². The first-order chi connectivity index (χ1) is 10.2. The van der Waals surface area contributed by atoms with Crippen LogP contribution in [-0.4, -0.2) is 28.8 Å². The van der Waals surface area contributed by atoms with Gasteiger partial charge in [0.15, 0.2) is 0 Å². The second-order valence-electron chi connectivity index (χ2n) is 6.00. The number of likely N-dealkylation sites (tertiary alicyclic amines) is 1. The summed E-state index contributed by atoms with van der Waals surface area (Å²) >= 11 is 0. The third-order valence-corrected chi connectivity index (χ3v) is 4.49. The number of furan rings is 1. The number of carbonyl (C=O) groups is 2. The van der Waals surface area contributed by atoms with Crippen molar-refractivity contribution in [3.8, 4) is 0 Å². The molecule has 1 saturated heterocycles. The minimum absolute atomic E-state index is 0.000642. The second-order valence-corrected chi connectivity index (χ2v) is 6.00. The van der Waals surface area contributed by atoms with Gasteiger partial charge in [-0.1, -0.05) is 19.3 Å². The zero-order valence-electron chi connectivity index (χ0n) is 12.2. The van der Waals surface area contributed by atoms with Gasteiger partial charge in [-0.15, -0.1) is 0 Å². The van der Waals surface area contributed by atoms with Crippen molar-refractivity contribution in [2.75, 3.05) is 0 Å². The fourth-order valence-electron chi connectivity index (χ4n) is 3.32. The maximum atomic E-state index is 12.5. The molecule has 1 aromatic rings. The molecule has 114 valence electrons. The van der Waals surface area contributed by atoms with E-state index in [1.807, 2.05) is 6.07 Å². The van der Waals surface area contributed by atoms with Crippen LogP contribution in [0.15, 0.2) is 22.8 Å². The Morgan fingerprint density at radius 2 is 2.10 bits per heavy atom. The number of rotatable bonds is 4. The van der Waals surface area contributed by atoms with Crippen LogP contribution in [-0.2, 0) is 16.1 Å². The smallest absolute Gasteiger partial charge is 0.243 e. The molecule has 1 aromatic heterocycles. The van der Waals surface area contributed by atoms with Gasteiger partial charge in [0.1, 0.15) is 11.8 Å². The standard InChI is InChI=1S/C16H22N2O3/c19-15-9-8-14(18(15)11-13-7-4-10-21-13)16(20)17-12-5-2-1-3-6-12/h4,7,10,12,14H,1-3,5-6,8-9,11H2,(H,17,20)/t14-/m0/s1. The van der Waals surface area contributed by atoms with Crippen molar-refractivity contribution < 1.29 is 14.0 Å². The summed E-state index contributed by atoms with van der Waals surface area (Å²) in [6.45, 7) is 0.384. The number of amides is 2. The summed E-state index contributed by atoms with van der Waals surface area (Å²) in [4.78, 5) is 26.1. The van der Waals surface area contributed by atoms with Gasteiger partial charge in [0.2, 0.25) is 11.8 Å². The highest BCUT2D eigenvalue weighted by atomic mass is 16.3. The van der Waals surface area contributed by atoms with Gasteiger partial charge in [0.25, 0.3) is 0 Å². The Bertz CT molecular complexity index is 492. The van der Waals surface area contributed by atoms with Crippen LogP contribution in [0.2, 0.25) is 0 Å². The zero-order chi connectivity index (χ0) is 14.7. The normalized spacial score (nSPS) is 23.5. The van der Waals surface area contributed by atoms with Crippen LogP contribution in [0.25, 0.3) is 0 Å². The average Bonchev–Trinajstić information content (AvgIpc) is 3.12. The van der Waals surface area contributed by atoms with E-state index in [9.17, 15) is 9.59 Å². The molecular weight excluding hydrogens is 268 g/mol. The fraction of sp³-hybridized carbons (Fsp3) is 0.625. The zero-order valence-corrected chi connectivity index (χ0v) is 12.2. The molecule has 0 spiro atoms. The molecule has 1 atom stereocenters. The molecular formula is C16H22N2O3. The van der Waals surface area contributed by atoms with Crippen molar-refractivity contribution in [3.63, 3.8) is 0 Å². The quantitative estimate of drug-likeness (QED) is 0.925. The Labute approximate surface area is 124 Å². The van der Waals surface area contributed by atoms with Gasteiger partial charge < -0.3 is 14.6 Å². The Morgan fingerprint density at radius 1 is 1.29 bits per heavy atom. The summed E-state index contributed by atoms with van der Waals surface area (Å²) in [5.74, 6) is 0.759. The molecule has 1 saturated carbocycles. The molecule has 2 heterocycles. The Balaban J connectivity index is 1.62. The van der Waals surface area contributed by atoms with Crippen molar-refractivity contribution in [1.29, 1.82) is 0 Å². The first-order valence-electron chi connectivity index (χ1n) is 7.86. The molecule has 0 bridgehead atoms. The van der Waals surface area contributed by atoms with Gasteiger partial charge in [-0.25, -0.2) is 0 Å². The minimum atomic E-state index is -0.343. The van der Waals surface area contributed by atoms with E-state index in [4.69, 9.17) is 4.42 Å². The largest absolute Gasteiger partial charge is 0.467 e. The van der Waals surface area contributed by atoms with Gasteiger partial charge in [0, 0.05) is 12.5 Å². The van der Waals surface area contributed by atoms with Crippen LogP contribution in [0.3, 0.4) is 0 Å². The molecule has 5 nitrogen and oxygen atoms in total. The van der Waals surface area contributed by atoms with Crippen molar-refractivity contribution in [2.24, 2.45) is 0 Å². The molecule has 1 aliphatic carbocycles. The highest BCUT2D eigenvalue weighted by Gasteiger charge is 2.37. The molecule has 5 heteroatoms. The summed E-state index contributed by atoms with van der Waals surface area (Å²) in [6, 6.07) is 3.58. The second kappa shape index (κ2) is 6.33. The van der Waals surface area contributed by atoms with Crippen LogP contribution in [0, 0.1) is 0 Å². The molecule has 0 aromatic carbocycles.